The molecular formula is C22H29NO4. The molecule has 0 atom stereocenters. The summed E-state index contributed by atoms with van der Waals surface area (Å²) >= 11 is 0. The minimum absolute atomic E-state index is 0.205. The molecule has 2 fully saturated rings. The van der Waals surface area contributed by atoms with Crippen LogP contribution >= 0.6 is 0 Å². The van der Waals surface area contributed by atoms with Crippen molar-refractivity contribution < 1.29 is 19.0 Å². The molecule has 3 rings (SSSR count). The zero-order valence-corrected chi connectivity index (χ0v) is 16.3. The molecule has 5 nitrogen and oxygen atoms in total. The van der Waals surface area contributed by atoms with Crippen LogP contribution in [0.25, 0.3) is 0 Å². The first-order valence-corrected chi connectivity index (χ1v) is 9.99. The lowest BCUT2D eigenvalue weighted by atomic mass is 9.79. The fourth-order valence-electron chi connectivity index (χ4n) is 4.00. The van der Waals surface area contributed by atoms with Crippen molar-refractivity contribution >= 4 is 5.97 Å². The monoisotopic (exact) mass is 371 g/mol. The van der Waals surface area contributed by atoms with Gasteiger partial charge in [0.05, 0.1) is 24.8 Å². The molecule has 0 bridgehead atoms. The number of nitrogens with zero attached hydrogens (tertiary/aromatic N) is 1. The summed E-state index contributed by atoms with van der Waals surface area (Å²) in [5.41, 5.74) is -0.286. The van der Waals surface area contributed by atoms with E-state index in [1.165, 1.54) is 25.7 Å². The van der Waals surface area contributed by atoms with Crippen LogP contribution in [0.4, 0.5) is 0 Å². The van der Waals surface area contributed by atoms with Gasteiger partial charge >= 0.3 is 5.97 Å². The molecule has 0 unspecified atom stereocenters. The second kappa shape index (κ2) is 8.86. The summed E-state index contributed by atoms with van der Waals surface area (Å²) in [7, 11) is 0. The van der Waals surface area contributed by atoms with E-state index in [1.807, 2.05) is 13.0 Å². The van der Waals surface area contributed by atoms with E-state index in [-0.39, 0.29) is 12.3 Å². The third-order valence-electron chi connectivity index (χ3n) is 5.79. The molecule has 1 heterocycles. The van der Waals surface area contributed by atoms with Crippen LogP contribution in [0.5, 0.6) is 5.75 Å². The van der Waals surface area contributed by atoms with Crippen LogP contribution < -0.4 is 4.74 Å². The third kappa shape index (κ3) is 4.88. The third-order valence-corrected chi connectivity index (χ3v) is 5.79. The maximum absolute atomic E-state index is 12.6. The molecule has 1 aromatic carbocycles. The van der Waals surface area contributed by atoms with E-state index in [0.29, 0.717) is 30.4 Å². The predicted octanol–water partition coefficient (Wildman–Crippen LogP) is 4.45. The van der Waals surface area contributed by atoms with Crippen LogP contribution in [-0.4, -0.2) is 25.5 Å². The van der Waals surface area contributed by atoms with Crippen LogP contribution in [0, 0.1) is 28.6 Å². The van der Waals surface area contributed by atoms with Gasteiger partial charge in [-0.1, -0.05) is 19.8 Å². The van der Waals surface area contributed by atoms with Crippen molar-refractivity contribution in [2.45, 2.75) is 58.7 Å². The minimum Gasteiger partial charge on any atom is -0.426 e. The van der Waals surface area contributed by atoms with Crippen molar-refractivity contribution in [2.24, 2.45) is 17.3 Å². The first kappa shape index (κ1) is 19.9. The molecule has 1 aliphatic heterocycles. The van der Waals surface area contributed by atoms with Gasteiger partial charge in [0.1, 0.15) is 11.2 Å². The van der Waals surface area contributed by atoms with Crippen LogP contribution in [0.2, 0.25) is 0 Å². The summed E-state index contributed by atoms with van der Waals surface area (Å²) in [5, 5.41) is 8.84. The first-order valence-electron chi connectivity index (χ1n) is 9.99. The van der Waals surface area contributed by atoms with Gasteiger partial charge in [-0.3, -0.25) is 4.79 Å². The number of rotatable bonds is 5. The number of carbonyl (C=O) groups is 1. The van der Waals surface area contributed by atoms with E-state index < -0.39 is 5.41 Å². The largest absolute Gasteiger partial charge is 0.426 e. The Balaban J connectivity index is 1.49. The van der Waals surface area contributed by atoms with Crippen LogP contribution in [-0.2, 0) is 14.3 Å². The van der Waals surface area contributed by atoms with Crippen molar-refractivity contribution in [3.63, 3.8) is 0 Å². The highest BCUT2D eigenvalue weighted by atomic mass is 16.7. The van der Waals surface area contributed by atoms with Gasteiger partial charge in [0, 0.05) is 5.92 Å². The van der Waals surface area contributed by atoms with Gasteiger partial charge in [0.2, 0.25) is 0 Å². The fraction of sp³-hybridized carbons (Fsp3) is 0.636. The molecule has 0 radical (unpaired) electrons. The summed E-state index contributed by atoms with van der Waals surface area (Å²) in [6.07, 6.45) is 7.15. The molecule has 1 aliphatic carbocycles. The maximum atomic E-state index is 12.6. The number of hydrogen-bond donors (Lipinski definition) is 0. The van der Waals surface area contributed by atoms with Crippen LogP contribution in [0.3, 0.4) is 0 Å². The summed E-state index contributed by atoms with van der Waals surface area (Å²) in [4.78, 5) is 12.6. The molecule has 146 valence electrons. The van der Waals surface area contributed by atoms with E-state index in [1.54, 1.807) is 24.3 Å². The Labute approximate surface area is 161 Å². The summed E-state index contributed by atoms with van der Waals surface area (Å²) in [6, 6.07) is 8.55. The highest BCUT2D eigenvalue weighted by Crippen LogP contribution is 2.37. The van der Waals surface area contributed by atoms with Gasteiger partial charge in [-0.15, -0.1) is 0 Å². The van der Waals surface area contributed by atoms with Crippen molar-refractivity contribution in [3.05, 3.63) is 29.8 Å². The molecule has 1 saturated carbocycles. The molecular weight excluding hydrogens is 342 g/mol. The average molecular weight is 371 g/mol. The van der Waals surface area contributed by atoms with Gasteiger partial charge in [-0.2, -0.15) is 5.26 Å². The number of benzene rings is 1. The van der Waals surface area contributed by atoms with Gasteiger partial charge in [-0.25, -0.2) is 0 Å². The van der Waals surface area contributed by atoms with E-state index in [0.717, 1.165) is 18.8 Å². The SMILES string of the molecule is CCCC1CCC(C2OCC(C)(C(=O)Oc3ccc(C#N)cc3)CO2)CC1. The first-order chi connectivity index (χ1) is 13.0. The topological polar surface area (TPSA) is 68.5 Å². The summed E-state index contributed by atoms with van der Waals surface area (Å²) in [5.74, 6) is 1.34. The molecule has 0 N–H and O–H groups in total. The Hall–Kier alpha value is -1.90. The van der Waals surface area contributed by atoms with Crippen molar-refractivity contribution in [1.29, 1.82) is 5.26 Å². The van der Waals surface area contributed by atoms with Crippen LogP contribution in [0.15, 0.2) is 24.3 Å². The highest BCUT2D eigenvalue weighted by molar-refractivity contribution is 5.79. The standard InChI is InChI=1S/C22H29NO4/c1-3-4-16-5-9-18(10-6-16)20-25-14-22(2,15-26-20)21(24)27-19-11-7-17(13-23)8-12-19/h7-8,11-12,16,18,20H,3-6,9-10,14-15H2,1-2H3. The zero-order valence-electron chi connectivity index (χ0n) is 16.3. The molecule has 5 heteroatoms. The highest BCUT2D eigenvalue weighted by Gasteiger charge is 2.43. The molecule has 0 spiro atoms. The summed E-state index contributed by atoms with van der Waals surface area (Å²) < 4.78 is 17.4. The van der Waals surface area contributed by atoms with Crippen LogP contribution in [0.1, 0.15) is 57.9 Å². The van der Waals surface area contributed by atoms with E-state index >= 15 is 0 Å². The fourth-order valence-corrected chi connectivity index (χ4v) is 4.00. The molecule has 1 saturated heterocycles. The van der Waals surface area contributed by atoms with E-state index in [9.17, 15) is 4.79 Å². The molecule has 0 amide bonds. The normalized spacial score (nSPS) is 31.1. The molecule has 2 aliphatic rings. The van der Waals surface area contributed by atoms with Crippen molar-refractivity contribution in [1.82, 2.24) is 0 Å². The molecule has 1 aromatic rings. The van der Waals surface area contributed by atoms with Gasteiger partial charge < -0.3 is 14.2 Å². The number of ether oxygens (including phenoxy) is 3. The Bertz CT molecular complexity index is 663. The van der Waals surface area contributed by atoms with Gasteiger partial charge in [0.15, 0.2) is 6.29 Å². The lowest BCUT2D eigenvalue weighted by Crippen LogP contribution is -2.49. The number of nitriles is 1. The quantitative estimate of drug-likeness (QED) is 0.565. The lowest BCUT2D eigenvalue weighted by molar-refractivity contribution is -0.250. The number of esters is 1. The van der Waals surface area contributed by atoms with Gasteiger partial charge in [0.25, 0.3) is 0 Å². The average Bonchev–Trinajstić information content (AvgIpc) is 2.70. The maximum Gasteiger partial charge on any atom is 0.321 e. The summed E-state index contributed by atoms with van der Waals surface area (Å²) in [6.45, 7) is 4.67. The Morgan fingerprint density at radius 3 is 2.37 bits per heavy atom. The second-order valence-electron chi connectivity index (χ2n) is 8.15. The predicted molar refractivity (Wildman–Crippen MR) is 101 cm³/mol. The van der Waals surface area contributed by atoms with Gasteiger partial charge in [-0.05, 0) is 62.8 Å². The number of hydrogen-bond acceptors (Lipinski definition) is 5. The molecule has 27 heavy (non-hydrogen) atoms. The lowest BCUT2D eigenvalue weighted by Gasteiger charge is -2.40. The number of carbonyl (C=O) groups excluding carboxylic acids is 1. The van der Waals surface area contributed by atoms with E-state index in [2.05, 4.69) is 6.92 Å². The second-order valence-corrected chi connectivity index (χ2v) is 8.15. The smallest absolute Gasteiger partial charge is 0.321 e. The zero-order chi connectivity index (χ0) is 19.3. The Kier molecular flexibility index (Phi) is 6.51. The Morgan fingerprint density at radius 2 is 1.81 bits per heavy atom. The van der Waals surface area contributed by atoms with E-state index in [4.69, 9.17) is 19.5 Å². The molecule has 0 aromatic heterocycles. The van der Waals surface area contributed by atoms with Crippen molar-refractivity contribution in [2.75, 3.05) is 13.2 Å². The van der Waals surface area contributed by atoms with Crippen molar-refractivity contribution in [3.8, 4) is 11.8 Å². The minimum atomic E-state index is -0.816. The Morgan fingerprint density at radius 1 is 1.19 bits per heavy atom.